The van der Waals surface area contributed by atoms with Crippen LogP contribution in [0, 0.1) is 0 Å². The van der Waals surface area contributed by atoms with Gasteiger partial charge >= 0.3 is 0 Å². The average molecular weight is 352 g/mol. The summed E-state index contributed by atoms with van der Waals surface area (Å²) in [6.45, 7) is 0.156. The number of rotatable bonds is 5. The lowest BCUT2D eigenvalue weighted by Crippen LogP contribution is -2.35. The molecule has 0 aliphatic carbocycles. The van der Waals surface area contributed by atoms with Crippen molar-refractivity contribution < 1.29 is 8.91 Å². The fourth-order valence-electron chi connectivity index (χ4n) is 3.43. The van der Waals surface area contributed by atoms with E-state index >= 15 is 0 Å². The van der Waals surface area contributed by atoms with Crippen molar-refractivity contribution in [2.75, 3.05) is 19.6 Å². The first-order valence-electron chi connectivity index (χ1n) is 10.4. The molecule has 6 heteroatoms. The van der Waals surface area contributed by atoms with E-state index in [-0.39, 0.29) is 5.78 Å². The third-order valence-corrected chi connectivity index (χ3v) is 4.77. The Labute approximate surface area is 157 Å². The molecule has 4 rings (SSSR count). The van der Waals surface area contributed by atoms with Crippen molar-refractivity contribution in [3.63, 3.8) is 0 Å². The van der Waals surface area contributed by atoms with E-state index < -0.39 is 6.98 Å². The highest BCUT2D eigenvalue weighted by molar-refractivity contribution is 5.86. The van der Waals surface area contributed by atoms with Gasteiger partial charge in [-0.15, -0.1) is 0 Å². The minimum Gasteiger partial charge on any atom is -0.298 e. The monoisotopic (exact) mass is 352 g/mol. The number of hydrogen-bond acceptors (Lipinski definition) is 5. The van der Waals surface area contributed by atoms with E-state index in [9.17, 15) is 4.79 Å². The molecule has 1 saturated heterocycles. The van der Waals surface area contributed by atoms with Crippen LogP contribution in [0.3, 0.4) is 0 Å². The van der Waals surface area contributed by atoms with E-state index in [4.69, 9.17) is 4.11 Å². The van der Waals surface area contributed by atoms with Gasteiger partial charge in [-0.1, -0.05) is 6.42 Å². The maximum Gasteiger partial charge on any atom is 0.152 e. The maximum atomic E-state index is 12.4. The lowest BCUT2D eigenvalue weighted by atomic mass is 10.1. The Morgan fingerprint density at radius 3 is 2.81 bits per heavy atom. The Hall–Kier alpha value is -2.60. The number of carbonyl (C=O) groups excluding carboxylic acids is 1. The van der Waals surface area contributed by atoms with Crippen LogP contribution in [0.15, 0.2) is 36.9 Å². The van der Waals surface area contributed by atoms with Gasteiger partial charge < -0.3 is 0 Å². The van der Waals surface area contributed by atoms with Gasteiger partial charge in [0.2, 0.25) is 0 Å². The number of nitrogens with zero attached hydrogens (tertiary/aromatic N) is 5. The number of aryl methyl sites for hydroxylation is 1. The van der Waals surface area contributed by atoms with Gasteiger partial charge in [0.05, 0.1) is 30.9 Å². The zero-order valence-corrected chi connectivity index (χ0v) is 14.6. The van der Waals surface area contributed by atoms with Crippen molar-refractivity contribution in [1.29, 1.82) is 0 Å². The van der Waals surface area contributed by atoms with Gasteiger partial charge in [0, 0.05) is 45.7 Å². The Bertz CT molecular complexity index is 1020. The number of likely N-dealkylation sites (tertiary alicyclic amines) is 1. The standard InChI is InChI=1S/C20H23N5O/c1-24-13-17(11-23-24)16-7-15-8-18(21-12-20(15)22-10-16)9-19(26)14-25-5-3-2-4-6-25/h7-8,10-13H,2-6,9,14H2,1H3/i1D3. The molecule has 6 nitrogen and oxygen atoms in total. The molecule has 1 fully saturated rings. The third-order valence-electron chi connectivity index (χ3n) is 4.77. The number of fused-ring (bicyclic) bond motifs is 1. The van der Waals surface area contributed by atoms with Crippen molar-refractivity contribution in [3.8, 4) is 11.1 Å². The van der Waals surface area contributed by atoms with Gasteiger partial charge in [-0.2, -0.15) is 5.10 Å². The fraction of sp³-hybridized carbons (Fsp3) is 0.400. The van der Waals surface area contributed by atoms with Crippen molar-refractivity contribution in [2.24, 2.45) is 6.98 Å². The highest BCUT2D eigenvalue weighted by Crippen LogP contribution is 2.22. The smallest absolute Gasteiger partial charge is 0.152 e. The molecule has 3 aromatic rings. The van der Waals surface area contributed by atoms with Gasteiger partial charge in [-0.05, 0) is 38.1 Å². The first-order valence-corrected chi connectivity index (χ1v) is 8.93. The second-order valence-electron chi connectivity index (χ2n) is 6.82. The molecule has 0 radical (unpaired) electrons. The maximum absolute atomic E-state index is 12.4. The molecule has 0 unspecified atom stereocenters. The van der Waals surface area contributed by atoms with Gasteiger partial charge in [0.1, 0.15) is 0 Å². The van der Waals surface area contributed by atoms with E-state index in [0.29, 0.717) is 18.5 Å². The molecule has 1 aliphatic rings. The second-order valence-corrected chi connectivity index (χ2v) is 6.82. The van der Waals surface area contributed by atoms with Crippen molar-refractivity contribution in [2.45, 2.75) is 25.7 Å². The Balaban J connectivity index is 1.52. The summed E-state index contributed by atoms with van der Waals surface area (Å²) in [5.74, 6) is 0.168. The topological polar surface area (TPSA) is 63.9 Å². The zero-order chi connectivity index (χ0) is 20.4. The van der Waals surface area contributed by atoms with Gasteiger partial charge in [0.25, 0.3) is 0 Å². The van der Waals surface area contributed by atoms with Crippen LogP contribution in [0.1, 0.15) is 29.1 Å². The minimum absolute atomic E-state index is 0.168. The Morgan fingerprint density at radius 1 is 1.12 bits per heavy atom. The predicted octanol–water partition coefficient (Wildman–Crippen LogP) is 2.63. The molecule has 3 aromatic heterocycles. The number of carbonyl (C=O) groups is 1. The minimum atomic E-state index is -2.31. The van der Waals surface area contributed by atoms with Crippen LogP contribution >= 0.6 is 0 Å². The third kappa shape index (κ3) is 3.80. The Morgan fingerprint density at radius 2 is 2.00 bits per heavy atom. The molecular formula is C20H23N5O. The quantitative estimate of drug-likeness (QED) is 0.706. The summed E-state index contributed by atoms with van der Waals surface area (Å²) in [4.78, 5) is 23.5. The number of piperidine rings is 1. The Kier molecular flexibility index (Phi) is 3.83. The summed E-state index contributed by atoms with van der Waals surface area (Å²) in [5.41, 5.74) is 2.89. The molecule has 0 amide bonds. The number of hydrogen-bond donors (Lipinski definition) is 0. The molecule has 0 saturated carbocycles. The largest absolute Gasteiger partial charge is 0.298 e. The van der Waals surface area contributed by atoms with Crippen LogP contribution < -0.4 is 0 Å². The fourth-order valence-corrected chi connectivity index (χ4v) is 3.43. The number of aromatic nitrogens is 4. The SMILES string of the molecule is [2H]C([2H])([2H])n1cc(-c2cnc3cnc(CC(=O)CN4CCCCC4)cc3c2)cn1. The molecular weight excluding hydrogens is 326 g/mol. The normalized spacial score (nSPS) is 17.6. The van der Waals surface area contributed by atoms with Gasteiger partial charge in [0.15, 0.2) is 5.78 Å². The summed E-state index contributed by atoms with van der Waals surface area (Å²) >= 11 is 0. The lowest BCUT2D eigenvalue weighted by molar-refractivity contribution is -0.119. The van der Waals surface area contributed by atoms with E-state index in [2.05, 4.69) is 20.0 Å². The van der Waals surface area contributed by atoms with Crippen molar-refractivity contribution in [3.05, 3.63) is 42.6 Å². The van der Waals surface area contributed by atoms with Crippen LogP contribution in [-0.2, 0) is 18.2 Å². The first-order chi connectivity index (χ1) is 13.9. The first kappa shape index (κ1) is 13.6. The van der Waals surface area contributed by atoms with Crippen molar-refractivity contribution >= 4 is 16.7 Å². The van der Waals surface area contributed by atoms with E-state index in [0.717, 1.165) is 52.8 Å². The molecule has 0 aromatic carbocycles. The molecule has 1 aliphatic heterocycles. The number of Topliss-reactive ketones (excluding diaryl/α,β-unsaturated/α-hetero) is 1. The van der Waals surface area contributed by atoms with E-state index in [1.54, 1.807) is 12.4 Å². The molecule has 0 spiro atoms. The van der Waals surface area contributed by atoms with E-state index in [1.165, 1.54) is 18.8 Å². The summed E-state index contributed by atoms with van der Waals surface area (Å²) in [5, 5.41) is 4.78. The highest BCUT2D eigenvalue weighted by atomic mass is 16.1. The van der Waals surface area contributed by atoms with E-state index in [1.807, 2.05) is 12.1 Å². The van der Waals surface area contributed by atoms with Crippen molar-refractivity contribution in [1.82, 2.24) is 24.6 Å². The molecule has 0 N–H and O–H groups in total. The summed E-state index contributed by atoms with van der Waals surface area (Å²) in [6.07, 6.45) is 10.2. The van der Waals surface area contributed by atoms with Crippen LogP contribution in [0.25, 0.3) is 22.0 Å². The lowest BCUT2D eigenvalue weighted by Gasteiger charge is -2.25. The molecule has 26 heavy (non-hydrogen) atoms. The number of pyridine rings is 2. The predicted molar refractivity (Wildman–Crippen MR) is 101 cm³/mol. The highest BCUT2D eigenvalue weighted by Gasteiger charge is 2.15. The van der Waals surface area contributed by atoms with Crippen LogP contribution in [0.5, 0.6) is 0 Å². The summed E-state index contributed by atoms with van der Waals surface area (Å²) in [7, 11) is 0. The van der Waals surface area contributed by atoms with Gasteiger partial charge in [-0.3, -0.25) is 24.3 Å². The zero-order valence-electron chi connectivity index (χ0n) is 17.6. The van der Waals surface area contributed by atoms with Crippen LogP contribution in [0.2, 0.25) is 0 Å². The summed E-state index contributed by atoms with van der Waals surface area (Å²) in [6, 6.07) is 3.80. The summed E-state index contributed by atoms with van der Waals surface area (Å²) < 4.78 is 23.3. The van der Waals surface area contributed by atoms with Gasteiger partial charge in [-0.25, -0.2) is 0 Å². The second kappa shape index (κ2) is 7.33. The van der Waals surface area contributed by atoms with Crippen LogP contribution in [-0.4, -0.2) is 50.1 Å². The number of ketones is 1. The molecule has 0 atom stereocenters. The van der Waals surface area contributed by atoms with Crippen LogP contribution in [0.4, 0.5) is 0 Å². The average Bonchev–Trinajstić information content (AvgIpc) is 3.19. The molecule has 4 heterocycles. The molecule has 134 valence electrons. The molecule has 0 bridgehead atoms.